The number of hydrogen-bond donors (Lipinski definition) is 0. The number of carbonyl (C=O) groups excluding carboxylic acids is 1. The molecule has 25 heavy (non-hydrogen) atoms. The van der Waals surface area contributed by atoms with E-state index >= 15 is 0 Å². The summed E-state index contributed by atoms with van der Waals surface area (Å²) in [5.41, 5.74) is 4.01. The van der Waals surface area contributed by atoms with Gasteiger partial charge in [-0.3, -0.25) is 4.79 Å². The molecule has 3 heterocycles. The molecule has 130 valence electrons. The molecule has 2 aliphatic heterocycles. The molecule has 0 radical (unpaired) electrons. The number of anilines is 1. The van der Waals surface area contributed by atoms with Gasteiger partial charge in [-0.25, -0.2) is 9.97 Å². The van der Waals surface area contributed by atoms with Crippen molar-refractivity contribution in [2.45, 2.75) is 25.3 Å². The SMILES string of the molecule is CC(=O)N1CC[C@H]2C(C1)c1c(-c3cncnc3)cc(Cl)c(Cl)c1N2C. The molecule has 5 nitrogen and oxygen atoms in total. The van der Waals surface area contributed by atoms with Crippen LogP contribution in [0.2, 0.25) is 10.0 Å². The van der Waals surface area contributed by atoms with Crippen molar-refractivity contribution in [2.24, 2.45) is 0 Å². The van der Waals surface area contributed by atoms with Gasteiger partial charge < -0.3 is 9.80 Å². The predicted molar refractivity (Wildman–Crippen MR) is 99.3 cm³/mol. The average molecular weight is 377 g/mol. The molecule has 1 amide bonds. The van der Waals surface area contributed by atoms with Crippen molar-refractivity contribution in [3.63, 3.8) is 0 Å². The summed E-state index contributed by atoms with van der Waals surface area (Å²) in [5.74, 6) is 0.307. The third-order valence-corrected chi connectivity index (χ3v) is 6.13. The first-order valence-electron chi connectivity index (χ1n) is 8.24. The maximum Gasteiger partial charge on any atom is 0.219 e. The number of halogens is 2. The molecule has 7 heteroatoms. The minimum Gasteiger partial charge on any atom is -0.369 e. The largest absolute Gasteiger partial charge is 0.369 e. The highest BCUT2D eigenvalue weighted by Gasteiger charge is 2.44. The molecular formula is C18H18Cl2N4O. The van der Waals surface area contributed by atoms with Gasteiger partial charge in [-0.05, 0) is 23.6 Å². The predicted octanol–water partition coefficient (Wildman–Crippen LogP) is 3.60. The van der Waals surface area contributed by atoms with Crippen LogP contribution in [-0.4, -0.2) is 47.0 Å². The summed E-state index contributed by atoms with van der Waals surface area (Å²) in [6, 6.07) is 2.20. The lowest BCUT2D eigenvalue weighted by molar-refractivity contribution is -0.130. The third kappa shape index (κ3) is 2.57. The maximum absolute atomic E-state index is 11.9. The van der Waals surface area contributed by atoms with Crippen molar-refractivity contribution < 1.29 is 4.79 Å². The lowest BCUT2D eigenvalue weighted by Gasteiger charge is -2.37. The Balaban J connectivity index is 1.91. The first kappa shape index (κ1) is 16.6. The summed E-state index contributed by atoms with van der Waals surface area (Å²) in [4.78, 5) is 24.3. The molecule has 1 saturated heterocycles. The van der Waals surface area contributed by atoms with E-state index in [0.29, 0.717) is 22.6 Å². The van der Waals surface area contributed by atoms with Crippen LogP contribution >= 0.6 is 23.2 Å². The van der Waals surface area contributed by atoms with Gasteiger partial charge >= 0.3 is 0 Å². The Morgan fingerprint density at radius 1 is 1.28 bits per heavy atom. The fourth-order valence-electron chi connectivity index (χ4n) is 4.16. The first-order valence-corrected chi connectivity index (χ1v) is 9.00. The second-order valence-corrected chi connectivity index (χ2v) is 7.43. The molecule has 2 aliphatic rings. The van der Waals surface area contributed by atoms with Crippen LogP contribution in [0.4, 0.5) is 5.69 Å². The van der Waals surface area contributed by atoms with E-state index in [0.717, 1.165) is 35.3 Å². The second kappa shape index (κ2) is 6.15. The normalized spacial score (nSPS) is 21.9. The highest BCUT2D eigenvalue weighted by molar-refractivity contribution is 6.44. The van der Waals surface area contributed by atoms with Crippen LogP contribution in [0.3, 0.4) is 0 Å². The van der Waals surface area contributed by atoms with Gasteiger partial charge in [0.25, 0.3) is 0 Å². The number of aromatic nitrogens is 2. The molecule has 0 bridgehead atoms. The molecule has 0 saturated carbocycles. The maximum atomic E-state index is 11.9. The van der Waals surface area contributed by atoms with Crippen molar-refractivity contribution in [3.05, 3.63) is 40.4 Å². The van der Waals surface area contributed by atoms with Crippen LogP contribution < -0.4 is 4.90 Å². The van der Waals surface area contributed by atoms with Gasteiger partial charge in [-0.2, -0.15) is 0 Å². The van der Waals surface area contributed by atoms with Crippen LogP contribution in [0.15, 0.2) is 24.8 Å². The zero-order chi connectivity index (χ0) is 17.7. The topological polar surface area (TPSA) is 49.3 Å². The van der Waals surface area contributed by atoms with E-state index in [1.54, 1.807) is 19.3 Å². The van der Waals surface area contributed by atoms with Gasteiger partial charge in [0, 0.05) is 57.0 Å². The van der Waals surface area contributed by atoms with E-state index in [2.05, 4.69) is 21.9 Å². The molecule has 2 atom stereocenters. The quantitative estimate of drug-likeness (QED) is 0.762. The lowest BCUT2D eigenvalue weighted by atomic mass is 9.85. The molecule has 2 aromatic rings. The first-order chi connectivity index (χ1) is 12.0. The fraction of sp³-hybridized carbons (Fsp3) is 0.389. The van der Waals surface area contributed by atoms with E-state index in [1.807, 2.05) is 11.0 Å². The number of rotatable bonds is 1. The number of hydrogen-bond acceptors (Lipinski definition) is 4. The Bertz CT molecular complexity index is 843. The number of piperidine rings is 1. The number of fused-ring (bicyclic) bond motifs is 3. The van der Waals surface area contributed by atoms with Crippen molar-refractivity contribution in [1.82, 2.24) is 14.9 Å². The van der Waals surface area contributed by atoms with Crippen LogP contribution in [0.5, 0.6) is 0 Å². The number of carbonyl (C=O) groups is 1. The van der Waals surface area contributed by atoms with Gasteiger partial charge in [-0.15, -0.1) is 0 Å². The van der Waals surface area contributed by atoms with Crippen molar-refractivity contribution in [1.29, 1.82) is 0 Å². The Morgan fingerprint density at radius 2 is 2.00 bits per heavy atom. The van der Waals surface area contributed by atoms with Gasteiger partial charge in [0.2, 0.25) is 5.91 Å². The Morgan fingerprint density at radius 3 is 2.68 bits per heavy atom. The summed E-state index contributed by atoms with van der Waals surface area (Å²) in [6.45, 7) is 3.08. The fourth-order valence-corrected chi connectivity index (χ4v) is 4.65. The number of likely N-dealkylation sites (tertiary alicyclic amines) is 1. The number of benzene rings is 1. The zero-order valence-corrected chi connectivity index (χ0v) is 15.6. The van der Waals surface area contributed by atoms with Gasteiger partial charge in [0.05, 0.1) is 15.7 Å². The van der Waals surface area contributed by atoms with Crippen LogP contribution in [0, 0.1) is 0 Å². The van der Waals surface area contributed by atoms with Crippen molar-refractivity contribution in [3.8, 4) is 11.1 Å². The van der Waals surface area contributed by atoms with Crippen LogP contribution in [0.1, 0.15) is 24.8 Å². The molecule has 0 aliphatic carbocycles. The van der Waals surface area contributed by atoms with Gasteiger partial charge in [-0.1, -0.05) is 23.2 Å². The second-order valence-electron chi connectivity index (χ2n) is 6.65. The van der Waals surface area contributed by atoms with E-state index in [1.165, 1.54) is 6.33 Å². The van der Waals surface area contributed by atoms with Crippen molar-refractivity contribution in [2.75, 3.05) is 25.0 Å². The number of likely N-dealkylation sites (N-methyl/N-ethyl adjacent to an activating group) is 1. The van der Waals surface area contributed by atoms with Gasteiger partial charge in [0.1, 0.15) is 6.33 Å². The monoisotopic (exact) mass is 376 g/mol. The highest BCUT2D eigenvalue weighted by atomic mass is 35.5. The van der Waals surface area contributed by atoms with E-state index in [4.69, 9.17) is 23.2 Å². The highest BCUT2D eigenvalue weighted by Crippen LogP contribution is 2.53. The Labute approximate surface area is 156 Å². The molecule has 1 unspecified atom stereocenters. The number of amides is 1. The minimum absolute atomic E-state index is 0.110. The van der Waals surface area contributed by atoms with Crippen molar-refractivity contribution >= 4 is 34.8 Å². The van der Waals surface area contributed by atoms with Crippen LogP contribution in [0.25, 0.3) is 11.1 Å². The van der Waals surface area contributed by atoms with E-state index in [9.17, 15) is 4.79 Å². The molecule has 0 spiro atoms. The molecule has 1 aromatic carbocycles. The molecule has 4 rings (SSSR count). The third-order valence-electron chi connectivity index (χ3n) is 5.35. The summed E-state index contributed by atoms with van der Waals surface area (Å²) in [5, 5.41) is 1.09. The Hall–Kier alpha value is -1.85. The summed E-state index contributed by atoms with van der Waals surface area (Å²) in [6.07, 6.45) is 5.99. The van der Waals surface area contributed by atoms with Gasteiger partial charge in [0.15, 0.2) is 0 Å². The minimum atomic E-state index is 0.110. The molecule has 1 fully saturated rings. The molecule has 0 N–H and O–H groups in total. The van der Waals surface area contributed by atoms with E-state index in [-0.39, 0.29) is 11.8 Å². The average Bonchev–Trinajstić information content (AvgIpc) is 2.91. The Kier molecular flexibility index (Phi) is 4.08. The van der Waals surface area contributed by atoms with Crippen LogP contribution in [-0.2, 0) is 4.79 Å². The summed E-state index contributed by atoms with van der Waals surface area (Å²) in [7, 11) is 2.06. The zero-order valence-electron chi connectivity index (χ0n) is 14.0. The molecule has 1 aromatic heterocycles. The lowest BCUT2D eigenvalue weighted by Crippen LogP contribution is -2.46. The molecular weight excluding hydrogens is 359 g/mol. The smallest absolute Gasteiger partial charge is 0.219 e. The van der Waals surface area contributed by atoms with E-state index < -0.39 is 0 Å². The summed E-state index contributed by atoms with van der Waals surface area (Å²) >= 11 is 13.0. The standard InChI is InChI=1S/C18H18Cl2N4O/c1-10(25)24-4-3-15-13(8-24)16-12(11-6-21-9-22-7-11)5-14(19)17(20)18(16)23(15)2/h5-7,9,13,15H,3-4,8H2,1-2H3/t13?,15-/m0/s1. The summed E-state index contributed by atoms with van der Waals surface area (Å²) < 4.78 is 0. The number of nitrogens with zero attached hydrogens (tertiary/aromatic N) is 4.